The normalized spacial score (nSPS) is 11.3. The zero-order valence-electron chi connectivity index (χ0n) is 11.1. The number of hydrogen-bond acceptors (Lipinski definition) is 2. The van der Waals surface area contributed by atoms with Gasteiger partial charge in [-0.3, -0.25) is 4.68 Å². The van der Waals surface area contributed by atoms with Crippen LogP contribution in [0.1, 0.15) is 57.7 Å². The predicted octanol–water partition coefficient (Wildman–Crippen LogP) is 2.92. The van der Waals surface area contributed by atoms with E-state index in [0.717, 1.165) is 26.1 Å². The second-order valence-corrected chi connectivity index (χ2v) is 4.61. The Kier molecular flexibility index (Phi) is 5.53. The molecule has 3 heteroatoms. The first-order valence-electron chi connectivity index (χ1n) is 6.45. The smallest absolute Gasteiger partial charge is 0.0537 e. The Balaban J connectivity index is 2.74. The van der Waals surface area contributed by atoms with Gasteiger partial charge in [0.1, 0.15) is 0 Å². The van der Waals surface area contributed by atoms with Crippen LogP contribution in [0.4, 0.5) is 0 Å². The molecule has 1 N–H and O–H groups in total. The Morgan fingerprint density at radius 3 is 2.62 bits per heavy atom. The average Bonchev–Trinajstić information content (AvgIpc) is 2.62. The van der Waals surface area contributed by atoms with Gasteiger partial charge in [-0.2, -0.15) is 5.10 Å². The van der Waals surface area contributed by atoms with Gasteiger partial charge in [-0.05, 0) is 25.3 Å². The minimum Gasteiger partial charge on any atom is -0.313 e. The quantitative estimate of drug-likeness (QED) is 0.720. The number of rotatable bonds is 7. The van der Waals surface area contributed by atoms with Gasteiger partial charge in [0.25, 0.3) is 0 Å². The standard InChI is InChI=1S/C13H25N3/c1-5-7-14-9-12-10-15-16(8-6-2)13(12)11(3)4/h10-11,14H,5-9H2,1-4H3. The van der Waals surface area contributed by atoms with E-state index < -0.39 is 0 Å². The molecule has 0 amide bonds. The van der Waals surface area contributed by atoms with Crippen molar-refractivity contribution >= 4 is 0 Å². The van der Waals surface area contributed by atoms with E-state index in [1.54, 1.807) is 0 Å². The predicted molar refractivity (Wildman–Crippen MR) is 68.6 cm³/mol. The van der Waals surface area contributed by atoms with E-state index in [-0.39, 0.29) is 0 Å². The summed E-state index contributed by atoms with van der Waals surface area (Å²) < 4.78 is 2.16. The van der Waals surface area contributed by atoms with Crippen molar-refractivity contribution in [3.05, 3.63) is 17.5 Å². The SMILES string of the molecule is CCCNCc1cnn(CCC)c1C(C)C. The molecule has 0 saturated carbocycles. The summed E-state index contributed by atoms with van der Waals surface area (Å²) >= 11 is 0. The summed E-state index contributed by atoms with van der Waals surface area (Å²) in [7, 11) is 0. The molecule has 92 valence electrons. The lowest BCUT2D eigenvalue weighted by Gasteiger charge is -2.12. The molecule has 0 spiro atoms. The third-order valence-electron chi connectivity index (χ3n) is 2.68. The highest BCUT2D eigenvalue weighted by molar-refractivity contribution is 5.20. The van der Waals surface area contributed by atoms with E-state index in [9.17, 15) is 0 Å². The molecule has 3 nitrogen and oxygen atoms in total. The zero-order chi connectivity index (χ0) is 12.0. The minimum absolute atomic E-state index is 0.549. The van der Waals surface area contributed by atoms with Gasteiger partial charge in [0.15, 0.2) is 0 Å². The van der Waals surface area contributed by atoms with Gasteiger partial charge in [-0.1, -0.05) is 27.7 Å². The van der Waals surface area contributed by atoms with Crippen LogP contribution in [0, 0.1) is 0 Å². The fraction of sp³-hybridized carbons (Fsp3) is 0.769. The summed E-state index contributed by atoms with van der Waals surface area (Å²) in [6.45, 7) is 11.9. The van der Waals surface area contributed by atoms with Crippen LogP contribution in [0.15, 0.2) is 6.20 Å². The lowest BCUT2D eigenvalue weighted by molar-refractivity contribution is 0.553. The van der Waals surface area contributed by atoms with Gasteiger partial charge in [0.05, 0.1) is 6.20 Å². The van der Waals surface area contributed by atoms with Crippen molar-refractivity contribution in [2.24, 2.45) is 0 Å². The van der Waals surface area contributed by atoms with Gasteiger partial charge in [0.2, 0.25) is 0 Å². The van der Waals surface area contributed by atoms with E-state index in [0.29, 0.717) is 5.92 Å². The Hall–Kier alpha value is -0.830. The first-order valence-corrected chi connectivity index (χ1v) is 6.45. The second kappa shape index (κ2) is 6.69. The van der Waals surface area contributed by atoms with Gasteiger partial charge in [-0.25, -0.2) is 0 Å². The summed E-state index contributed by atoms with van der Waals surface area (Å²) in [5.41, 5.74) is 2.75. The Morgan fingerprint density at radius 2 is 2.06 bits per heavy atom. The first kappa shape index (κ1) is 13.2. The molecule has 0 fully saturated rings. The van der Waals surface area contributed by atoms with Crippen LogP contribution in [0.2, 0.25) is 0 Å². The van der Waals surface area contributed by atoms with Crippen LogP contribution >= 0.6 is 0 Å². The van der Waals surface area contributed by atoms with Crippen molar-refractivity contribution in [1.82, 2.24) is 15.1 Å². The summed E-state index contributed by atoms with van der Waals surface area (Å²) in [6.07, 6.45) is 4.34. The molecule has 1 aromatic rings. The van der Waals surface area contributed by atoms with E-state index in [2.05, 4.69) is 42.8 Å². The molecule has 0 aliphatic carbocycles. The monoisotopic (exact) mass is 223 g/mol. The number of nitrogens with zero attached hydrogens (tertiary/aromatic N) is 2. The van der Waals surface area contributed by atoms with Crippen molar-refractivity contribution in [2.75, 3.05) is 6.54 Å². The molecular formula is C13H25N3. The van der Waals surface area contributed by atoms with Crippen molar-refractivity contribution in [1.29, 1.82) is 0 Å². The maximum atomic E-state index is 4.48. The molecule has 0 aromatic carbocycles. The largest absolute Gasteiger partial charge is 0.313 e. The molecule has 1 rings (SSSR count). The third kappa shape index (κ3) is 3.34. The van der Waals surface area contributed by atoms with Gasteiger partial charge in [-0.15, -0.1) is 0 Å². The molecular weight excluding hydrogens is 198 g/mol. The zero-order valence-corrected chi connectivity index (χ0v) is 11.1. The Bertz CT molecular complexity index is 302. The molecule has 0 atom stereocenters. The number of hydrogen-bond donors (Lipinski definition) is 1. The van der Waals surface area contributed by atoms with E-state index >= 15 is 0 Å². The molecule has 1 aromatic heterocycles. The number of nitrogens with one attached hydrogen (secondary N) is 1. The highest BCUT2D eigenvalue weighted by Crippen LogP contribution is 2.19. The molecule has 0 saturated heterocycles. The molecule has 0 aliphatic heterocycles. The summed E-state index contributed by atoms with van der Waals surface area (Å²) in [5.74, 6) is 0.549. The highest BCUT2D eigenvalue weighted by atomic mass is 15.3. The minimum atomic E-state index is 0.549. The Labute approximate surface area is 99.2 Å². The third-order valence-corrected chi connectivity index (χ3v) is 2.68. The van der Waals surface area contributed by atoms with E-state index in [4.69, 9.17) is 0 Å². The number of aromatic nitrogens is 2. The average molecular weight is 223 g/mol. The van der Waals surface area contributed by atoms with E-state index in [1.807, 2.05) is 6.20 Å². The van der Waals surface area contributed by atoms with Crippen LogP contribution in [0.25, 0.3) is 0 Å². The van der Waals surface area contributed by atoms with Crippen molar-refractivity contribution < 1.29 is 0 Å². The first-order chi connectivity index (χ1) is 7.70. The van der Waals surface area contributed by atoms with Crippen LogP contribution in [-0.2, 0) is 13.1 Å². The topological polar surface area (TPSA) is 29.9 Å². The van der Waals surface area contributed by atoms with Gasteiger partial charge < -0.3 is 5.32 Å². The summed E-state index contributed by atoms with van der Waals surface area (Å²) in [4.78, 5) is 0. The Morgan fingerprint density at radius 1 is 1.31 bits per heavy atom. The van der Waals surface area contributed by atoms with E-state index in [1.165, 1.54) is 17.7 Å². The van der Waals surface area contributed by atoms with Crippen molar-refractivity contribution in [3.63, 3.8) is 0 Å². The molecule has 1 heterocycles. The van der Waals surface area contributed by atoms with Gasteiger partial charge >= 0.3 is 0 Å². The molecule has 0 unspecified atom stereocenters. The highest BCUT2D eigenvalue weighted by Gasteiger charge is 2.12. The number of aryl methyl sites for hydroxylation is 1. The molecule has 0 aliphatic rings. The van der Waals surface area contributed by atoms with Crippen molar-refractivity contribution in [3.8, 4) is 0 Å². The lowest BCUT2D eigenvalue weighted by Crippen LogP contribution is -2.16. The molecule has 16 heavy (non-hydrogen) atoms. The maximum absolute atomic E-state index is 4.48. The lowest BCUT2D eigenvalue weighted by atomic mass is 10.1. The van der Waals surface area contributed by atoms with Crippen molar-refractivity contribution in [2.45, 2.75) is 59.5 Å². The van der Waals surface area contributed by atoms with Crippen LogP contribution in [0.3, 0.4) is 0 Å². The second-order valence-electron chi connectivity index (χ2n) is 4.61. The summed E-state index contributed by atoms with van der Waals surface area (Å²) in [5, 5.41) is 7.93. The van der Waals surface area contributed by atoms with Crippen LogP contribution in [-0.4, -0.2) is 16.3 Å². The molecule has 0 radical (unpaired) electrons. The fourth-order valence-electron chi connectivity index (χ4n) is 2.03. The maximum Gasteiger partial charge on any atom is 0.0537 e. The van der Waals surface area contributed by atoms with Crippen LogP contribution < -0.4 is 5.32 Å². The molecule has 0 bridgehead atoms. The summed E-state index contributed by atoms with van der Waals surface area (Å²) in [6, 6.07) is 0. The van der Waals surface area contributed by atoms with Gasteiger partial charge in [0, 0.05) is 24.3 Å². The van der Waals surface area contributed by atoms with Crippen LogP contribution in [0.5, 0.6) is 0 Å². The fourth-order valence-corrected chi connectivity index (χ4v) is 2.03.